The number of hydrogen-bond acceptors (Lipinski definition) is 3. The highest BCUT2D eigenvalue weighted by molar-refractivity contribution is 5.79. The molecule has 1 N–H and O–H groups in total. The summed E-state index contributed by atoms with van der Waals surface area (Å²) in [5.74, 6) is 0.359. The summed E-state index contributed by atoms with van der Waals surface area (Å²) < 4.78 is 0. The van der Waals surface area contributed by atoms with Crippen molar-refractivity contribution in [3.63, 3.8) is 0 Å². The Balaban J connectivity index is 1.88. The lowest BCUT2D eigenvalue weighted by atomic mass is 9.95. The molecule has 2 rings (SSSR count). The van der Waals surface area contributed by atoms with Crippen LogP contribution in [0.4, 0.5) is 4.79 Å². The molecule has 96 valence electrons. The molecular weight excluding hydrogens is 220 g/mol. The van der Waals surface area contributed by atoms with Crippen molar-refractivity contribution in [2.24, 2.45) is 0 Å². The van der Waals surface area contributed by atoms with E-state index in [1.54, 1.807) is 0 Å². The van der Waals surface area contributed by atoms with Gasteiger partial charge in [0.15, 0.2) is 0 Å². The van der Waals surface area contributed by atoms with Crippen molar-refractivity contribution >= 4 is 11.9 Å². The molecule has 2 heterocycles. The molecule has 0 aromatic rings. The topological polar surface area (TPSA) is 60.9 Å². The van der Waals surface area contributed by atoms with Crippen LogP contribution in [0.15, 0.2) is 0 Å². The van der Waals surface area contributed by atoms with Gasteiger partial charge in [0.05, 0.1) is 0 Å². The molecule has 2 fully saturated rings. The first-order chi connectivity index (χ1) is 8.08. The summed E-state index contributed by atoms with van der Waals surface area (Å²) in [5, 5.41) is 9.01. The molecule has 0 bridgehead atoms. The predicted octanol–water partition coefficient (Wildman–Crippen LogP) is 1.18. The Labute approximate surface area is 101 Å². The molecule has 2 aliphatic rings. The molecule has 0 spiro atoms. The first-order valence-electron chi connectivity index (χ1n) is 6.33. The zero-order chi connectivity index (χ0) is 12.4. The second-order valence-electron chi connectivity index (χ2n) is 5.08. The second kappa shape index (κ2) is 5.04. The van der Waals surface area contributed by atoms with Gasteiger partial charge in [-0.05, 0) is 19.8 Å². The fourth-order valence-electron chi connectivity index (χ4n) is 2.90. The molecule has 5 nitrogen and oxygen atoms in total. The number of nitrogens with zero attached hydrogens (tertiary/aromatic N) is 2. The van der Waals surface area contributed by atoms with Crippen molar-refractivity contribution in [1.82, 2.24) is 9.80 Å². The van der Waals surface area contributed by atoms with E-state index in [0.29, 0.717) is 31.2 Å². The summed E-state index contributed by atoms with van der Waals surface area (Å²) in [7, 11) is 0. The number of rotatable bonds is 1. The molecule has 0 saturated carbocycles. The third kappa shape index (κ3) is 2.77. The number of carboxylic acid groups (broad SMARTS) is 1. The van der Waals surface area contributed by atoms with E-state index >= 15 is 0 Å². The average molecular weight is 240 g/mol. The van der Waals surface area contributed by atoms with Crippen molar-refractivity contribution in [1.29, 1.82) is 0 Å². The molecule has 0 aromatic heterocycles. The number of carbonyl (C=O) groups excluding carboxylic acids is 1. The Morgan fingerprint density at radius 2 is 1.94 bits per heavy atom. The van der Waals surface area contributed by atoms with Crippen LogP contribution in [0.1, 0.15) is 32.6 Å². The summed E-state index contributed by atoms with van der Waals surface area (Å²) in [5.41, 5.74) is 0. The lowest BCUT2D eigenvalue weighted by molar-refractivity contribution is -0.122. The van der Waals surface area contributed by atoms with Crippen molar-refractivity contribution < 1.29 is 14.7 Å². The van der Waals surface area contributed by atoms with Crippen molar-refractivity contribution in [3.05, 3.63) is 0 Å². The molecule has 0 radical (unpaired) electrons. The van der Waals surface area contributed by atoms with Gasteiger partial charge in [0.2, 0.25) is 0 Å². The van der Waals surface area contributed by atoms with Crippen LogP contribution in [0.25, 0.3) is 0 Å². The SMILES string of the molecule is CC1CC(N2CCC(=O)CC2)CCN1C(=O)O. The minimum Gasteiger partial charge on any atom is -0.465 e. The van der Waals surface area contributed by atoms with Gasteiger partial charge in [-0.2, -0.15) is 0 Å². The number of hydrogen-bond donors (Lipinski definition) is 1. The molecule has 2 atom stereocenters. The van der Waals surface area contributed by atoms with Crippen molar-refractivity contribution in [3.8, 4) is 0 Å². The average Bonchev–Trinajstić information content (AvgIpc) is 2.29. The van der Waals surface area contributed by atoms with E-state index in [-0.39, 0.29) is 6.04 Å². The molecular formula is C12H20N2O3. The Hall–Kier alpha value is -1.10. The summed E-state index contributed by atoms with van der Waals surface area (Å²) in [6.07, 6.45) is 2.29. The second-order valence-corrected chi connectivity index (χ2v) is 5.08. The molecule has 17 heavy (non-hydrogen) atoms. The number of Topliss-reactive ketones (excluding diaryl/α,β-unsaturated/α-hetero) is 1. The zero-order valence-corrected chi connectivity index (χ0v) is 10.3. The third-order valence-electron chi connectivity index (χ3n) is 3.97. The van der Waals surface area contributed by atoms with E-state index in [9.17, 15) is 9.59 Å². The normalized spacial score (nSPS) is 31.6. The Kier molecular flexibility index (Phi) is 3.66. The van der Waals surface area contributed by atoms with Crippen LogP contribution >= 0.6 is 0 Å². The van der Waals surface area contributed by atoms with Gasteiger partial charge in [-0.1, -0.05) is 0 Å². The summed E-state index contributed by atoms with van der Waals surface area (Å²) in [6, 6.07) is 0.539. The summed E-state index contributed by atoms with van der Waals surface area (Å²) in [6.45, 7) is 4.29. The van der Waals surface area contributed by atoms with E-state index in [0.717, 1.165) is 25.9 Å². The predicted molar refractivity (Wildman–Crippen MR) is 63.0 cm³/mol. The largest absolute Gasteiger partial charge is 0.465 e. The van der Waals surface area contributed by atoms with Crippen molar-refractivity contribution in [2.45, 2.75) is 44.7 Å². The Morgan fingerprint density at radius 3 is 2.47 bits per heavy atom. The number of amides is 1. The van der Waals surface area contributed by atoms with E-state index < -0.39 is 6.09 Å². The maximum Gasteiger partial charge on any atom is 0.407 e. The smallest absolute Gasteiger partial charge is 0.407 e. The molecule has 2 saturated heterocycles. The Bertz CT molecular complexity index is 309. The highest BCUT2D eigenvalue weighted by Crippen LogP contribution is 2.23. The van der Waals surface area contributed by atoms with Gasteiger partial charge in [0, 0.05) is 44.6 Å². The first-order valence-corrected chi connectivity index (χ1v) is 6.33. The van der Waals surface area contributed by atoms with Crippen molar-refractivity contribution in [2.75, 3.05) is 19.6 Å². The van der Waals surface area contributed by atoms with E-state index in [1.165, 1.54) is 4.90 Å². The molecule has 0 aromatic carbocycles. The van der Waals surface area contributed by atoms with Crippen LogP contribution in [-0.2, 0) is 4.79 Å². The Morgan fingerprint density at radius 1 is 1.29 bits per heavy atom. The van der Waals surface area contributed by atoms with Crippen LogP contribution < -0.4 is 0 Å². The quantitative estimate of drug-likeness (QED) is 0.747. The van der Waals surface area contributed by atoms with Gasteiger partial charge in [-0.25, -0.2) is 4.79 Å². The van der Waals surface area contributed by atoms with Crippen LogP contribution in [0, 0.1) is 0 Å². The minimum absolute atomic E-state index is 0.0869. The maximum absolute atomic E-state index is 11.2. The fourth-order valence-corrected chi connectivity index (χ4v) is 2.90. The molecule has 2 aliphatic heterocycles. The van der Waals surface area contributed by atoms with Crippen LogP contribution in [0.5, 0.6) is 0 Å². The van der Waals surface area contributed by atoms with Crippen LogP contribution in [0.2, 0.25) is 0 Å². The lowest BCUT2D eigenvalue weighted by Crippen LogP contribution is -2.52. The fraction of sp³-hybridized carbons (Fsp3) is 0.833. The summed E-state index contributed by atoms with van der Waals surface area (Å²) in [4.78, 5) is 26.0. The van der Waals surface area contributed by atoms with Gasteiger partial charge >= 0.3 is 6.09 Å². The molecule has 2 unspecified atom stereocenters. The zero-order valence-electron chi connectivity index (χ0n) is 10.3. The minimum atomic E-state index is -0.815. The van der Waals surface area contributed by atoms with E-state index in [1.807, 2.05) is 6.92 Å². The van der Waals surface area contributed by atoms with Gasteiger partial charge in [0.25, 0.3) is 0 Å². The van der Waals surface area contributed by atoms with Gasteiger partial charge in [0.1, 0.15) is 5.78 Å². The van der Waals surface area contributed by atoms with E-state index in [2.05, 4.69) is 4.90 Å². The van der Waals surface area contributed by atoms with Gasteiger partial charge in [-0.3, -0.25) is 9.69 Å². The standard InChI is InChI=1S/C12H20N2O3/c1-9-8-10(2-7-14(9)12(16)17)13-5-3-11(15)4-6-13/h9-10H,2-8H2,1H3,(H,16,17). The number of ketones is 1. The highest BCUT2D eigenvalue weighted by Gasteiger charge is 2.32. The molecule has 5 heteroatoms. The first kappa shape index (κ1) is 12.4. The van der Waals surface area contributed by atoms with Crippen LogP contribution in [-0.4, -0.2) is 58.5 Å². The number of piperidine rings is 2. The van der Waals surface area contributed by atoms with Crippen LogP contribution in [0.3, 0.4) is 0 Å². The van der Waals surface area contributed by atoms with Gasteiger partial charge < -0.3 is 10.0 Å². The highest BCUT2D eigenvalue weighted by atomic mass is 16.4. The molecule has 0 aliphatic carbocycles. The third-order valence-corrected chi connectivity index (χ3v) is 3.97. The number of carbonyl (C=O) groups is 2. The maximum atomic E-state index is 11.2. The van der Waals surface area contributed by atoms with Gasteiger partial charge in [-0.15, -0.1) is 0 Å². The molecule has 1 amide bonds. The van der Waals surface area contributed by atoms with E-state index in [4.69, 9.17) is 5.11 Å². The monoisotopic (exact) mass is 240 g/mol. The summed E-state index contributed by atoms with van der Waals surface area (Å²) >= 11 is 0. The lowest BCUT2D eigenvalue weighted by Gasteiger charge is -2.42. The number of likely N-dealkylation sites (tertiary alicyclic amines) is 2.